The predicted octanol–water partition coefficient (Wildman–Crippen LogP) is 3.33. The number of hydrogen-bond acceptors (Lipinski definition) is 2. The number of methoxy groups -OCH3 is 1. The zero-order valence-corrected chi connectivity index (χ0v) is 12.6. The molecule has 1 unspecified atom stereocenters. The van der Waals surface area contributed by atoms with Crippen LogP contribution < -0.4 is 10.1 Å². The Morgan fingerprint density at radius 3 is 2.62 bits per heavy atom. The summed E-state index contributed by atoms with van der Waals surface area (Å²) in [5.41, 5.74) is 1.92. The minimum absolute atomic E-state index is 0.0576. The summed E-state index contributed by atoms with van der Waals surface area (Å²) >= 11 is 5.96. The first-order valence-electron chi connectivity index (χ1n) is 6.76. The maximum absolute atomic E-state index is 12.1. The van der Waals surface area contributed by atoms with Crippen molar-refractivity contribution < 1.29 is 9.53 Å². The van der Waals surface area contributed by atoms with Gasteiger partial charge in [0.1, 0.15) is 5.75 Å². The molecule has 0 aliphatic carbocycles. The smallest absolute Gasteiger partial charge is 0.224 e. The van der Waals surface area contributed by atoms with Gasteiger partial charge in [-0.3, -0.25) is 4.79 Å². The van der Waals surface area contributed by atoms with Crippen LogP contribution in [-0.4, -0.2) is 18.9 Å². The second-order valence-corrected chi connectivity index (χ2v) is 5.02. The van der Waals surface area contributed by atoms with Crippen molar-refractivity contribution in [3.05, 3.63) is 65.7 Å². The van der Waals surface area contributed by atoms with E-state index in [0.29, 0.717) is 12.3 Å². The Labute approximate surface area is 129 Å². The molecular weight excluding hydrogens is 286 g/mol. The van der Waals surface area contributed by atoms with Crippen LogP contribution in [-0.2, 0) is 11.2 Å². The van der Waals surface area contributed by atoms with Crippen molar-refractivity contribution in [3.8, 4) is 5.75 Å². The summed E-state index contributed by atoms with van der Waals surface area (Å²) in [7, 11) is 1.61. The highest BCUT2D eigenvalue weighted by molar-refractivity contribution is 6.18. The molecule has 0 radical (unpaired) electrons. The minimum Gasteiger partial charge on any atom is -0.497 e. The van der Waals surface area contributed by atoms with Crippen LogP contribution in [0.4, 0.5) is 0 Å². The number of rotatable bonds is 6. The van der Waals surface area contributed by atoms with Crippen molar-refractivity contribution >= 4 is 17.5 Å². The van der Waals surface area contributed by atoms with E-state index < -0.39 is 0 Å². The van der Waals surface area contributed by atoms with Crippen LogP contribution in [0.5, 0.6) is 5.75 Å². The van der Waals surface area contributed by atoms with Gasteiger partial charge in [-0.25, -0.2) is 0 Å². The van der Waals surface area contributed by atoms with Gasteiger partial charge >= 0.3 is 0 Å². The third-order valence-corrected chi connectivity index (χ3v) is 3.50. The predicted molar refractivity (Wildman–Crippen MR) is 84.7 cm³/mol. The number of carbonyl (C=O) groups excluding carboxylic acids is 1. The molecule has 0 saturated heterocycles. The van der Waals surface area contributed by atoms with Crippen molar-refractivity contribution in [2.75, 3.05) is 13.0 Å². The molecule has 4 heteroatoms. The van der Waals surface area contributed by atoms with Gasteiger partial charge in [-0.05, 0) is 23.3 Å². The average molecular weight is 304 g/mol. The highest BCUT2D eigenvalue weighted by Crippen LogP contribution is 2.16. The fourth-order valence-corrected chi connectivity index (χ4v) is 2.36. The molecule has 110 valence electrons. The van der Waals surface area contributed by atoms with Gasteiger partial charge < -0.3 is 10.1 Å². The van der Waals surface area contributed by atoms with Gasteiger partial charge in [0, 0.05) is 5.88 Å². The van der Waals surface area contributed by atoms with Crippen molar-refractivity contribution in [2.45, 2.75) is 12.5 Å². The maximum atomic E-state index is 12.1. The summed E-state index contributed by atoms with van der Waals surface area (Å²) in [5.74, 6) is 1.03. The lowest BCUT2D eigenvalue weighted by Crippen LogP contribution is -2.30. The number of carbonyl (C=O) groups is 1. The van der Waals surface area contributed by atoms with Crippen LogP contribution in [0.2, 0.25) is 0 Å². The molecule has 0 spiro atoms. The van der Waals surface area contributed by atoms with Crippen molar-refractivity contribution in [1.29, 1.82) is 0 Å². The molecule has 1 amide bonds. The molecule has 0 heterocycles. The minimum atomic E-state index is -0.175. The Balaban J connectivity index is 2.00. The Morgan fingerprint density at radius 1 is 1.19 bits per heavy atom. The fraction of sp³-hybridized carbons (Fsp3) is 0.235. The fourth-order valence-electron chi connectivity index (χ4n) is 2.11. The first-order valence-corrected chi connectivity index (χ1v) is 7.29. The number of amides is 1. The van der Waals surface area contributed by atoms with Crippen LogP contribution >= 0.6 is 11.6 Å². The lowest BCUT2D eigenvalue weighted by molar-refractivity contribution is -0.121. The first-order chi connectivity index (χ1) is 10.2. The van der Waals surface area contributed by atoms with Crippen LogP contribution in [0.3, 0.4) is 0 Å². The van der Waals surface area contributed by atoms with E-state index in [1.54, 1.807) is 7.11 Å². The van der Waals surface area contributed by atoms with Gasteiger partial charge in [0.2, 0.25) is 5.91 Å². The highest BCUT2D eigenvalue weighted by Gasteiger charge is 2.13. The summed E-state index contributed by atoms with van der Waals surface area (Å²) in [5, 5.41) is 2.96. The maximum Gasteiger partial charge on any atom is 0.224 e. The Morgan fingerprint density at radius 2 is 1.95 bits per heavy atom. The molecule has 1 atom stereocenters. The molecule has 0 fully saturated rings. The van der Waals surface area contributed by atoms with Crippen molar-refractivity contribution in [3.63, 3.8) is 0 Å². The van der Waals surface area contributed by atoms with Crippen molar-refractivity contribution in [2.24, 2.45) is 0 Å². The summed E-state index contributed by atoms with van der Waals surface area (Å²) in [6.07, 6.45) is 0.303. The number of alkyl halides is 1. The van der Waals surface area contributed by atoms with Gasteiger partial charge in [0.05, 0.1) is 19.6 Å². The second-order valence-electron chi connectivity index (χ2n) is 4.71. The molecule has 0 aromatic heterocycles. The van der Waals surface area contributed by atoms with Crippen LogP contribution in [0.15, 0.2) is 54.6 Å². The molecule has 2 rings (SSSR count). The molecule has 0 saturated carbocycles. The zero-order valence-electron chi connectivity index (χ0n) is 11.9. The summed E-state index contributed by atoms with van der Waals surface area (Å²) < 4.78 is 5.16. The quantitative estimate of drug-likeness (QED) is 0.831. The van der Waals surface area contributed by atoms with Gasteiger partial charge in [-0.15, -0.1) is 11.6 Å². The Bertz CT molecular complexity index is 586. The molecule has 2 aromatic rings. The van der Waals surface area contributed by atoms with Gasteiger partial charge in [0.25, 0.3) is 0 Å². The van der Waals surface area contributed by atoms with E-state index in [1.165, 1.54) is 0 Å². The van der Waals surface area contributed by atoms with Crippen molar-refractivity contribution in [1.82, 2.24) is 5.32 Å². The molecule has 0 bridgehead atoms. The summed E-state index contributed by atoms with van der Waals surface area (Å²) in [6, 6.07) is 17.0. The van der Waals surface area contributed by atoms with Gasteiger partial charge in [0.15, 0.2) is 0 Å². The molecule has 2 aromatic carbocycles. The molecule has 0 aliphatic heterocycles. The summed E-state index contributed by atoms with van der Waals surface area (Å²) in [6.45, 7) is 0. The van der Waals surface area contributed by atoms with E-state index in [9.17, 15) is 4.79 Å². The van der Waals surface area contributed by atoms with Gasteiger partial charge in [-0.1, -0.05) is 42.5 Å². The standard InChI is InChI=1S/C17H18ClNO2/c1-21-15-9-5-6-13(10-15)11-17(20)19-16(12-18)14-7-3-2-4-8-14/h2-10,16H,11-12H2,1H3,(H,19,20). The van der Waals surface area contributed by atoms with Crippen LogP contribution in [0, 0.1) is 0 Å². The normalized spacial score (nSPS) is 11.7. The van der Waals surface area contributed by atoms with E-state index >= 15 is 0 Å². The molecular formula is C17H18ClNO2. The first kappa shape index (κ1) is 15.4. The largest absolute Gasteiger partial charge is 0.497 e. The lowest BCUT2D eigenvalue weighted by Gasteiger charge is -2.16. The average Bonchev–Trinajstić information content (AvgIpc) is 2.53. The third-order valence-electron chi connectivity index (χ3n) is 3.19. The SMILES string of the molecule is COc1cccc(CC(=O)NC(CCl)c2ccccc2)c1. The van der Waals surface area contributed by atoms with Gasteiger partial charge in [-0.2, -0.15) is 0 Å². The lowest BCUT2D eigenvalue weighted by atomic mass is 10.1. The number of halogens is 1. The van der Waals surface area contributed by atoms with E-state index in [1.807, 2.05) is 54.6 Å². The van der Waals surface area contributed by atoms with E-state index in [0.717, 1.165) is 16.9 Å². The molecule has 21 heavy (non-hydrogen) atoms. The number of benzene rings is 2. The Hall–Kier alpha value is -2.00. The monoisotopic (exact) mass is 303 g/mol. The molecule has 3 nitrogen and oxygen atoms in total. The Kier molecular flexibility index (Phi) is 5.64. The summed E-state index contributed by atoms with van der Waals surface area (Å²) in [4.78, 5) is 12.1. The molecule has 0 aliphatic rings. The number of hydrogen-bond donors (Lipinski definition) is 1. The topological polar surface area (TPSA) is 38.3 Å². The van der Waals surface area contributed by atoms with E-state index in [4.69, 9.17) is 16.3 Å². The number of ether oxygens (including phenoxy) is 1. The highest BCUT2D eigenvalue weighted by atomic mass is 35.5. The molecule has 1 N–H and O–H groups in total. The van der Waals surface area contributed by atoms with E-state index in [2.05, 4.69) is 5.32 Å². The zero-order chi connectivity index (χ0) is 15.1. The second kappa shape index (κ2) is 7.70. The van der Waals surface area contributed by atoms with Crippen LogP contribution in [0.1, 0.15) is 17.2 Å². The number of nitrogens with one attached hydrogen (secondary N) is 1. The van der Waals surface area contributed by atoms with E-state index in [-0.39, 0.29) is 11.9 Å². The third kappa shape index (κ3) is 4.50. The van der Waals surface area contributed by atoms with Crippen LogP contribution in [0.25, 0.3) is 0 Å².